The van der Waals surface area contributed by atoms with Crippen LogP contribution in [0.2, 0.25) is 5.02 Å². The number of rotatable bonds is 2. The molecule has 0 bridgehead atoms. The van der Waals surface area contributed by atoms with Crippen molar-refractivity contribution in [3.05, 3.63) is 45.1 Å². The molecule has 0 atom stereocenters. The Morgan fingerprint density at radius 2 is 2.05 bits per heavy atom. The molecule has 0 aliphatic heterocycles. The van der Waals surface area contributed by atoms with Crippen LogP contribution in [-0.4, -0.2) is 21.1 Å². The predicted octanol–water partition coefficient (Wildman–Crippen LogP) is 2.02. The fraction of sp³-hybridized carbons (Fsp3) is 0.100. The molecule has 20 heavy (non-hydrogen) atoms. The average molecular weight is 307 g/mol. The third-order valence-corrected chi connectivity index (χ3v) is 2.49. The van der Waals surface area contributed by atoms with Gasteiger partial charge in [-0.3, -0.25) is 9.78 Å². The highest BCUT2D eigenvalue weighted by Gasteiger charge is 2.34. The van der Waals surface area contributed by atoms with Gasteiger partial charge in [-0.25, -0.2) is 9.89 Å². The molecule has 1 heterocycles. The van der Waals surface area contributed by atoms with Crippen LogP contribution in [0.4, 0.5) is 18.9 Å². The number of nitrogens with one attached hydrogen (secondary N) is 3. The molecule has 10 heteroatoms. The molecule has 0 saturated heterocycles. The van der Waals surface area contributed by atoms with Crippen LogP contribution in [0.25, 0.3) is 0 Å². The minimum absolute atomic E-state index is 0.122. The standard InChI is InChI=1S/C10H6ClF3N4O2/c11-4-1-2-6(5(3-4)10(12,13)14)15-8(19)7-16-9(20)18-17-7/h1-3H,(H,15,19)(H2,16,17,18,20). The van der Waals surface area contributed by atoms with E-state index >= 15 is 0 Å². The van der Waals surface area contributed by atoms with E-state index in [1.807, 2.05) is 15.4 Å². The van der Waals surface area contributed by atoms with Crippen LogP contribution in [0.3, 0.4) is 0 Å². The fourth-order valence-electron chi connectivity index (χ4n) is 1.42. The van der Waals surface area contributed by atoms with Gasteiger partial charge in [0.1, 0.15) is 0 Å². The fourth-order valence-corrected chi connectivity index (χ4v) is 1.59. The molecule has 1 aromatic heterocycles. The van der Waals surface area contributed by atoms with Crippen LogP contribution in [0.5, 0.6) is 0 Å². The van der Waals surface area contributed by atoms with E-state index in [-0.39, 0.29) is 5.02 Å². The van der Waals surface area contributed by atoms with E-state index in [0.29, 0.717) is 6.07 Å². The van der Waals surface area contributed by atoms with Gasteiger partial charge in [0.05, 0.1) is 11.3 Å². The lowest BCUT2D eigenvalue weighted by Crippen LogP contribution is -2.18. The monoisotopic (exact) mass is 306 g/mol. The summed E-state index contributed by atoms with van der Waals surface area (Å²) in [4.78, 5) is 24.4. The smallest absolute Gasteiger partial charge is 0.319 e. The molecule has 0 spiro atoms. The number of carbonyl (C=O) groups is 1. The number of aromatic amines is 2. The number of carbonyl (C=O) groups excluding carboxylic acids is 1. The van der Waals surface area contributed by atoms with Gasteiger partial charge >= 0.3 is 11.9 Å². The van der Waals surface area contributed by atoms with Crippen LogP contribution < -0.4 is 11.0 Å². The molecule has 2 rings (SSSR count). The molecular formula is C10H6ClF3N4O2. The number of nitrogens with zero attached hydrogens (tertiary/aromatic N) is 1. The van der Waals surface area contributed by atoms with Crippen LogP contribution in [0.1, 0.15) is 16.2 Å². The Labute approximate surface area is 114 Å². The van der Waals surface area contributed by atoms with E-state index in [4.69, 9.17) is 11.6 Å². The van der Waals surface area contributed by atoms with Crippen molar-refractivity contribution < 1.29 is 18.0 Å². The highest BCUT2D eigenvalue weighted by atomic mass is 35.5. The zero-order valence-electron chi connectivity index (χ0n) is 9.51. The van der Waals surface area contributed by atoms with Crippen molar-refractivity contribution >= 4 is 23.2 Å². The molecule has 0 aliphatic carbocycles. The van der Waals surface area contributed by atoms with E-state index in [0.717, 1.165) is 6.07 Å². The Balaban J connectivity index is 2.34. The van der Waals surface area contributed by atoms with Gasteiger partial charge < -0.3 is 5.32 Å². The Morgan fingerprint density at radius 3 is 2.60 bits per heavy atom. The first-order chi connectivity index (χ1) is 9.27. The molecule has 0 radical (unpaired) electrons. The number of aromatic nitrogens is 3. The SMILES string of the molecule is O=C(Nc1ccc(Cl)cc1C(F)(F)F)c1n[nH]c(=O)[nH]1. The molecule has 3 N–H and O–H groups in total. The molecule has 1 aromatic carbocycles. The number of alkyl halides is 3. The first-order valence-corrected chi connectivity index (χ1v) is 5.48. The number of hydrogen-bond acceptors (Lipinski definition) is 3. The maximum absolute atomic E-state index is 12.8. The third-order valence-electron chi connectivity index (χ3n) is 2.25. The Kier molecular flexibility index (Phi) is 3.53. The van der Waals surface area contributed by atoms with Crippen molar-refractivity contribution in [3.63, 3.8) is 0 Å². The average Bonchev–Trinajstić information content (AvgIpc) is 2.77. The van der Waals surface area contributed by atoms with E-state index in [1.54, 1.807) is 0 Å². The van der Waals surface area contributed by atoms with Gasteiger partial charge in [-0.2, -0.15) is 13.2 Å². The first-order valence-electron chi connectivity index (χ1n) is 5.10. The molecule has 106 valence electrons. The lowest BCUT2D eigenvalue weighted by atomic mass is 10.1. The number of anilines is 1. The van der Waals surface area contributed by atoms with Crippen LogP contribution in [0.15, 0.2) is 23.0 Å². The van der Waals surface area contributed by atoms with Crippen molar-refractivity contribution in [2.75, 3.05) is 5.32 Å². The quantitative estimate of drug-likeness (QED) is 0.793. The summed E-state index contributed by atoms with van der Waals surface area (Å²) in [7, 11) is 0. The van der Waals surface area contributed by atoms with Crippen LogP contribution in [0, 0.1) is 0 Å². The number of benzene rings is 1. The minimum atomic E-state index is -4.69. The molecular weight excluding hydrogens is 301 g/mol. The normalized spacial score (nSPS) is 11.4. The number of amides is 1. The van der Waals surface area contributed by atoms with Crippen molar-refractivity contribution in [2.45, 2.75) is 6.18 Å². The maximum Gasteiger partial charge on any atom is 0.418 e. The Hall–Kier alpha value is -2.29. The predicted molar refractivity (Wildman–Crippen MR) is 63.6 cm³/mol. The molecule has 0 unspecified atom stereocenters. The van der Waals surface area contributed by atoms with Crippen molar-refractivity contribution in [2.24, 2.45) is 0 Å². The number of hydrogen-bond donors (Lipinski definition) is 3. The topological polar surface area (TPSA) is 90.6 Å². The summed E-state index contributed by atoms with van der Waals surface area (Å²) in [5.41, 5.74) is -2.34. The van der Waals surface area contributed by atoms with Gasteiger partial charge in [0, 0.05) is 5.02 Å². The molecule has 1 amide bonds. The summed E-state index contributed by atoms with van der Waals surface area (Å²) in [6, 6.07) is 2.89. The van der Waals surface area contributed by atoms with Crippen molar-refractivity contribution in [1.82, 2.24) is 15.2 Å². The van der Waals surface area contributed by atoms with Crippen molar-refractivity contribution in [3.8, 4) is 0 Å². The van der Waals surface area contributed by atoms with Gasteiger partial charge in [0.2, 0.25) is 5.82 Å². The van der Waals surface area contributed by atoms with Gasteiger partial charge in [0.15, 0.2) is 0 Å². The third kappa shape index (κ3) is 2.99. The Morgan fingerprint density at radius 1 is 1.35 bits per heavy atom. The zero-order valence-corrected chi connectivity index (χ0v) is 10.3. The first kappa shape index (κ1) is 14.1. The largest absolute Gasteiger partial charge is 0.418 e. The van der Waals surface area contributed by atoms with Gasteiger partial charge in [0.25, 0.3) is 5.91 Å². The van der Waals surface area contributed by atoms with Crippen LogP contribution in [-0.2, 0) is 6.18 Å². The van der Waals surface area contributed by atoms with E-state index in [2.05, 4.69) is 5.10 Å². The van der Waals surface area contributed by atoms with Crippen LogP contribution >= 0.6 is 11.6 Å². The molecule has 0 saturated carbocycles. The van der Waals surface area contributed by atoms with Gasteiger partial charge in [-0.05, 0) is 18.2 Å². The maximum atomic E-state index is 12.8. The summed E-state index contributed by atoms with van der Waals surface area (Å²) < 4.78 is 38.4. The van der Waals surface area contributed by atoms with E-state index in [9.17, 15) is 22.8 Å². The zero-order chi connectivity index (χ0) is 14.9. The molecule has 0 aliphatic rings. The summed E-state index contributed by atoms with van der Waals surface area (Å²) in [6.45, 7) is 0. The summed E-state index contributed by atoms with van der Waals surface area (Å²) in [6.07, 6.45) is -4.69. The lowest BCUT2D eigenvalue weighted by Gasteiger charge is -2.13. The highest BCUT2D eigenvalue weighted by Crippen LogP contribution is 2.36. The van der Waals surface area contributed by atoms with E-state index in [1.165, 1.54) is 6.07 Å². The molecule has 0 fully saturated rings. The van der Waals surface area contributed by atoms with Gasteiger partial charge in [-0.15, -0.1) is 5.10 Å². The molecule has 2 aromatic rings. The number of halogens is 4. The second-order valence-corrected chi connectivity index (χ2v) is 4.10. The summed E-state index contributed by atoms with van der Waals surface area (Å²) >= 11 is 5.50. The highest BCUT2D eigenvalue weighted by molar-refractivity contribution is 6.30. The lowest BCUT2D eigenvalue weighted by molar-refractivity contribution is -0.136. The Bertz CT molecular complexity index is 707. The number of H-pyrrole nitrogens is 2. The van der Waals surface area contributed by atoms with E-state index < -0.39 is 34.8 Å². The minimum Gasteiger partial charge on any atom is -0.319 e. The molecule has 6 nitrogen and oxygen atoms in total. The summed E-state index contributed by atoms with van der Waals surface area (Å²) in [5.74, 6) is -1.42. The van der Waals surface area contributed by atoms with Gasteiger partial charge in [-0.1, -0.05) is 11.6 Å². The second-order valence-electron chi connectivity index (χ2n) is 3.67. The second kappa shape index (κ2) is 5.00. The summed E-state index contributed by atoms with van der Waals surface area (Å²) in [5, 5.41) is 7.11. The van der Waals surface area contributed by atoms with Crippen molar-refractivity contribution in [1.29, 1.82) is 0 Å².